The summed E-state index contributed by atoms with van der Waals surface area (Å²) in [6.07, 6.45) is 15.9. The number of aliphatic hydroxyl groups is 1. The third-order valence-electron chi connectivity index (χ3n) is 6.73. The van der Waals surface area contributed by atoms with Crippen molar-refractivity contribution in [3.05, 3.63) is 0 Å². The van der Waals surface area contributed by atoms with Gasteiger partial charge in [0, 0.05) is 6.04 Å². The Morgan fingerprint density at radius 2 is 1.38 bits per heavy atom. The monoisotopic (exact) mass is 367 g/mol. The first-order valence-corrected chi connectivity index (χ1v) is 11.8. The Morgan fingerprint density at radius 3 is 1.85 bits per heavy atom. The van der Waals surface area contributed by atoms with Crippen molar-refractivity contribution in [2.24, 2.45) is 23.7 Å². The van der Waals surface area contributed by atoms with Crippen molar-refractivity contribution in [2.75, 3.05) is 6.54 Å². The minimum absolute atomic E-state index is 0.123. The fourth-order valence-corrected chi connectivity index (χ4v) is 4.61. The Labute approximate surface area is 164 Å². The summed E-state index contributed by atoms with van der Waals surface area (Å²) < 4.78 is 0. The van der Waals surface area contributed by atoms with Crippen molar-refractivity contribution in [3.8, 4) is 0 Å². The molecular weight excluding hydrogens is 318 g/mol. The molecule has 0 aromatic carbocycles. The molecule has 0 saturated heterocycles. The predicted octanol–water partition coefficient (Wildman–Crippen LogP) is 6.56. The molecule has 4 unspecified atom stereocenters. The molecule has 0 heterocycles. The van der Waals surface area contributed by atoms with Crippen LogP contribution in [0.15, 0.2) is 0 Å². The van der Waals surface area contributed by atoms with Crippen LogP contribution in [0.25, 0.3) is 0 Å². The molecule has 2 aliphatic carbocycles. The van der Waals surface area contributed by atoms with Crippen molar-refractivity contribution in [2.45, 2.75) is 124 Å². The standard InChI is InChI=1S/C17H35NO.C7H14/c1-4-16(8-6-5-7-15(3)19)13-18-17-11-9-14(2)10-12-17;1-6-3-4-7(2)5-6/h14-19H,4-13H2,1-3H3;6-7H,3-5H2,1-2H3. The Balaban J connectivity index is 0.000000401. The minimum Gasteiger partial charge on any atom is -0.393 e. The highest BCUT2D eigenvalue weighted by atomic mass is 16.3. The van der Waals surface area contributed by atoms with Gasteiger partial charge in [0.15, 0.2) is 0 Å². The van der Waals surface area contributed by atoms with Gasteiger partial charge in [-0.2, -0.15) is 0 Å². The Kier molecular flexibility index (Phi) is 12.9. The molecule has 2 N–H and O–H groups in total. The van der Waals surface area contributed by atoms with Crippen LogP contribution in [0.1, 0.15) is 112 Å². The summed E-state index contributed by atoms with van der Waals surface area (Å²) >= 11 is 0. The van der Waals surface area contributed by atoms with E-state index < -0.39 is 0 Å². The topological polar surface area (TPSA) is 32.3 Å². The van der Waals surface area contributed by atoms with Gasteiger partial charge in [0.05, 0.1) is 6.10 Å². The van der Waals surface area contributed by atoms with Gasteiger partial charge in [-0.05, 0) is 82.1 Å². The molecule has 4 atom stereocenters. The second-order valence-corrected chi connectivity index (χ2v) is 9.80. The van der Waals surface area contributed by atoms with E-state index in [4.69, 9.17) is 0 Å². The van der Waals surface area contributed by atoms with E-state index in [0.717, 1.165) is 36.1 Å². The molecule has 0 amide bonds. The Morgan fingerprint density at radius 1 is 0.846 bits per heavy atom. The first-order chi connectivity index (χ1) is 12.4. The molecule has 0 aromatic rings. The summed E-state index contributed by atoms with van der Waals surface area (Å²) in [5.74, 6) is 3.82. The van der Waals surface area contributed by atoms with Gasteiger partial charge in [-0.3, -0.25) is 0 Å². The number of aliphatic hydroxyl groups excluding tert-OH is 1. The zero-order valence-corrected chi connectivity index (χ0v) is 18.6. The van der Waals surface area contributed by atoms with Crippen LogP contribution in [0.5, 0.6) is 0 Å². The first kappa shape index (κ1) is 24.0. The van der Waals surface area contributed by atoms with E-state index in [2.05, 4.69) is 33.0 Å². The number of hydrogen-bond acceptors (Lipinski definition) is 2. The third kappa shape index (κ3) is 11.6. The molecule has 2 heteroatoms. The fourth-order valence-electron chi connectivity index (χ4n) is 4.61. The summed E-state index contributed by atoms with van der Waals surface area (Å²) in [5, 5.41) is 13.1. The first-order valence-electron chi connectivity index (χ1n) is 11.8. The normalized spacial score (nSPS) is 31.2. The van der Waals surface area contributed by atoms with Gasteiger partial charge in [0.25, 0.3) is 0 Å². The van der Waals surface area contributed by atoms with Crippen molar-refractivity contribution < 1.29 is 5.11 Å². The quantitative estimate of drug-likeness (QED) is 0.452. The molecule has 0 radical (unpaired) electrons. The highest BCUT2D eigenvalue weighted by molar-refractivity contribution is 4.76. The summed E-state index contributed by atoms with van der Waals surface area (Å²) in [7, 11) is 0. The number of unbranched alkanes of at least 4 members (excludes halogenated alkanes) is 1. The molecular formula is C24H49NO. The lowest BCUT2D eigenvalue weighted by Gasteiger charge is -2.28. The maximum Gasteiger partial charge on any atom is 0.0512 e. The van der Waals surface area contributed by atoms with Gasteiger partial charge in [-0.25, -0.2) is 0 Å². The van der Waals surface area contributed by atoms with Gasteiger partial charge >= 0.3 is 0 Å². The average molecular weight is 368 g/mol. The van der Waals surface area contributed by atoms with Crippen LogP contribution in [0.4, 0.5) is 0 Å². The van der Waals surface area contributed by atoms with Gasteiger partial charge in [0.1, 0.15) is 0 Å². The lowest BCUT2D eigenvalue weighted by molar-refractivity contribution is 0.179. The molecule has 0 spiro atoms. The average Bonchev–Trinajstić information content (AvgIpc) is 2.99. The molecule has 0 aliphatic heterocycles. The minimum atomic E-state index is -0.123. The summed E-state index contributed by atoms with van der Waals surface area (Å²) in [4.78, 5) is 0. The van der Waals surface area contributed by atoms with Gasteiger partial charge < -0.3 is 10.4 Å². The molecule has 0 aromatic heterocycles. The zero-order chi connectivity index (χ0) is 19.4. The van der Waals surface area contributed by atoms with Crippen LogP contribution in [-0.4, -0.2) is 23.8 Å². The fraction of sp³-hybridized carbons (Fsp3) is 1.00. The van der Waals surface area contributed by atoms with E-state index in [9.17, 15) is 5.11 Å². The largest absolute Gasteiger partial charge is 0.393 e. The van der Waals surface area contributed by atoms with Crippen molar-refractivity contribution in [1.29, 1.82) is 0 Å². The Bertz CT molecular complexity index is 314. The summed E-state index contributed by atoms with van der Waals surface area (Å²) in [6.45, 7) is 12.5. The van der Waals surface area contributed by atoms with Crippen LogP contribution in [-0.2, 0) is 0 Å². The number of hydrogen-bond donors (Lipinski definition) is 2. The van der Waals surface area contributed by atoms with Crippen LogP contribution < -0.4 is 5.32 Å². The number of nitrogens with one attached hydrogen (secondary N) is 1. The van der Waals surface area contributed by atoms with Crippen LogP contribution >= 0.6 is 0 Å². The smallest absolute Gasteiger partial charge is 0.0512 e. The lowest BCUT2D eigenvalue weighted by Crippen LogP contribution is -2.36. The second kappa shape index (κ2) is 14.0. The molecule has 156 valence electrons. The van der Waals surface area contributed by atoms with E-state index in [-0.39, 0.29) is 6.10 Å². The van der Waals surface area contributed by atoms with Crippen LogP contribution in [0, 0.1) is 23.7 Å². The van der Waals surface area contributed by atoms with Gasteiger partial charge in [0.2, 0.25) is 0 Å². The maximum atomic E-state index is 9.26. The van der Waals surface area contributed by atoms with E-state index in [1.807, 2.05) is 6.92 Å². The SMILES string of the molecule is CC1CCC(C)C1.CCC(CCCCC(C)O)CNC1CCC(C)CC1. The summed E-state index contributed by atoms with van der Waals surface area (Å²) in [5.41, 5.74) is 0. The molecule has 2 nitrogen and oxygen atoms in total. The van der Waals surface area contributed by atoms with Gasteiger partial charge in [-0.15, -0.1) is 0 Å². The molecule has 2 aliphatic rings. The Hall–Kier alpha value is -0.0800. The third-order valence-corrected chi connectivity index (χ3v) is 6.73. The molecule has 26 heavy (non-hydrogen) atoms. The zero-order valence-electron chi connectivity index (χ0n) is 18.6. The highest BCUT2D eigenvalue weighted by Crippen LogP contribution is 2.29. The predicted molar refractivity (Wildman–Crippen MR) is 116 cm³/mol. The van der Waals surface area contributed by atoms with E-state index >= 15 is 0 Å². The van der Waals surface area contributed by atoms with E-state index in [0.29, 0.717) is 0 Å². The van der Waals surface area contributed by atoms with Crippen molar-refractivity contribution in [3.63, 3.8) is 0 Å². The lowest BCUT2D eigenvalue weighted by atomic mass is 9.87. The van der Waals surface area contributed by atoms with Crippen molar-refractivity contribution >= 4 is 0 Å². The van der Waals surface area contributed by atoms with Gasteiger partial charge in [-0.1, -0.05) is 59.8 Å². The second-order valence-electron chi connectivity index (χ2n) is 9.80. The number of rotatable bonds is 9. The van der Waals surface area contributed by atoms with Crippen LogP contribution in [0.2, 0.25) is 0 Å². The maximum absolute atomic E-state index is 9.26. The highest BCUT2D eigenvalue weighted by Gasteiger charge is 2.18. The molecule has 0 bridgehead atoms. The van der Waals surface area contributed by atoms with E-state index in [1.165, 1.54) is 77.2 Å². The van der Waals surface area contributed by atoms with Crippen LogP contribution in [0.3, 0.4) is 0 Å². The molecule has 2 fully saturated rings. The van der Waals surface area contributed by atoms with Crippen molar-refractivity contribution in [1.82, 2.24) is 5.32 Å². The van der Waals surface area contributed by atoms with E-state index in [1.54, 1.807) is 0 Å². The molecule has 2 saturated carbocycles. The molecule has 2 rings (SSSR count). The summed E-state index contributed by atoms with van der Waals surface area (Å²) in [6, 6.07) is 0.780.